The summed E-state index contributed by atoms with van der Waals surface area (Å²) in [6, 6.07) is 14.4. The van der Waals surface area contributed by atoms with Crippen LogP contribution in [0.2, 0.25) is 0 Å². The highest BCUT2D eigenvalue weighted by Crippen LogP contribution is 2.13. The molecule has 0 spiro atoms. The van der Waals surface area contributed by atoms with Crippen molar-refractivity contribution in [2.24, 2.45) is 0 Å². The number of anilines is 1. The highest BCUT2D eigenvalue weighted by Gasteiger charge is 2.02. The zero-order valence-corrected chi connectivity index (χ0v) is 13.0. The Morgan fingerprint density at radius 3 is 2.77 bits per heavy atom. The van der Waals surface area contributed by atoms with E-state index in [1.165, 1.54) is 16.7 Å². The molecule has 0 aliphatic carbocycles. The molecule has 2 heterocycles. The lowest BCUT2D eigenvalue weighted by molar-refractivity contribution is 0.674. The summed E-state index contributed by atoms with van der Waals surface area (Å²) in [5.41, 5.74) is 4.90. The molecule has 1 N–H and O–H groups in total. The molecule has 0 saturated heterocycles. The van der Waals surface area contributed by atoms with Gasteiger partial charge in [0.25, 0.3) is 0 Å². The van der Waals surface area contributed by atoms with Crippen LogP contribution in [-0.4, -0.2) is 14.8 Å². The van der Waals surface area contributed by atoms with Crippen LogP contribution in [0.4, 0.5) is 5.82 Å². The fourth-order valence-corrected chi connectivity index (χ4v) is 2.43. The minimum absolute atomic E-state index is 0.687. The third-order valence-corrected chi connectivity index (χ3v) is 3.65. The minimum atomic E-state index is 0.687. The Labute approximate surface area is 130 Å². The summed E-state index contributed by atoms with van der Waals surface area (Å²) in [4.78, 5) is 4.32. The molecule has 0 atom stereocenters. The van der Waals surface area contributed by atoms with Gasteiger partial charge in [0, 0.05) is 25.0 Å². The second-order valence-electron chi connectivity index (χ2n) is 5.50. The maximum absolute atomic E-state index is 4.53. The van der Waals surface area contributed by atoms with Gasteiger partial charge in [-0.25, -0.2) is 0 Å². The molecule has 0 fully saturated rings. The summed E-state index contributed by atoms with van der Waals surface area (Å²) in [7, 11) is 0. The molecule has 0 aliphatic rings. The quantitative estimate of drug-likeness (QED) is 0.782. The number of rotatable bonds is 5. The normalized spacial score (nSPS) is 10.6. The van der Waals surface area contributed by atoms with Crippen molar-refractivity contribution in [3.63, 3.8) is 0 Å². The Kier molecular flexibility index (Phi) is 4.19. The van der Waals surface area contributed by atoms with Crippen LogP contribution in [0.1, 0.15) is 22.4 Å². The fraction of sp³-hybridized carbons (Fsp3) is 0.222. The molecule has 22 heavy (non-hydrogen) atoms. The van der Waals surface area contributed by atoms with Crippen LogP contribution in [-0.2, 0) is 13.1 Å². The maximum atomic E-state index is 4.53. The molecule has 3 aromatic rings. The van der Waals surface area contributed by atoms with Crippen molar-refractivity contribution in [3.8, 4) is 0 Å². The van der Waals surface area contributed by atoms with Gasteiger partial charge < -0.3 is 5.32 Å². The van der Waals surface area contributed by atoms with E-state index in [0.29, 0.717) is 6.54 Å². The van der Waals surface area contributed by atoms with Crippen molar-refractivity contribution in [1.82, 2.24) is 14.8 Å². The summed E-state index contributed by atoms with van der Waals surface area (Å²) >= 11 is 0. The largest absolute Gasteiger partial charge is 0.365 e. The number of nitrogens with one attached hydrogen (secondary N) is 1. The Hall–Kier alpha value is -2.62. The van der Waals surface area contributed by atoms with Gasteiger partial charge in [0.2, 0.25) is 0 Å². The van der Waals surface area contributed by atoms with E-state index >= 15 is 0 Å². The lowest BCUT2D eigenvalue weighted by atomic mass is 10.1. The van der Waals surface area contributed by atoms with E-state index in [9.17, 15) is 0 Å². The van der Waals surface area contributed by atoms with Crippen LogP contribution >= 0.6 is 0 Å². The SMILES string of the molecule is Cc1ccc(CNc2ccn(Cc3ccccn3)n2)c(C)c1. The summed E-state index contributed by atoms with van der Waals surface area (Å²) in [5, 5.41) is 7.91. The zero-order chi connectivity index (χ0) is 15.4. The van der Waals surface area contributed by atoms with Gasteiger partial charge in [0.05, 0.1) is 12.2 Å². The van der Waals surface area contributed by atoms with E-state index in [2.05, 4.69) is 47.4 Å². The first-order valence-electron chi connectivity index (χ1n) is 7.44. The van der Waals surface area contributed by atoms with E-state index in [-0.39, 0.29) is 0 Å². The Morgan fingerprint density at radius 1 is 1.09 bits per heavy atom. The summed E-state index contributed by atoms with van der Waals surface area (Å²) in [5.74, 6) is 0.885. The second-order valence-corrected chi connectivity index (χ2v) is 5.50. The fourth-order valence-electron chi connectivity index (χ4n) is 2.43. The molecular formula is C18H20N4. The van der Waals surface area contributed by atoms with Crippen LogP contribution in [0, 0.1) is 13.8 Å². The lowest BCUT2D eigenvalue weighted by Gasteiger charge is -2.08. The van der Waals surface area contributed by atoms with Crippen LogP contribution in [0.3, 0.4) is 0 Å². The third kappa shape index (κ3) is 3.52. The van der Waals surface area contributed by atoms with Gasteiger partial charge in [-0.2, -0.15) is 5.10 Å². The molecule has 0 radical (unpaired) electrons. The first kappa shape index (κ1) is 14.3. The summed E-state index contributed by atoms with van der Waals surface area (Å²) in [6.07, 6.45) is 3.77. The molecule has 1 aromatic carbocycles. The zero-order valence-electron chi connectivity index (χ0n) is 13.0. The minimum Gasteiger partial charge on any atom is -0.365 e. The van der Waals surface area contributed by atoms with Crippen LogP contribution in [0.25, 0.3) is 0 Å². The number of pyridine rings is 1. The molecule has 4 nitrogen and oxygen atoms in total. The predicted molar refractivity (Wildman–Crippen MR) is 88.8 cm³/mol. The van der Waals surface area contributed by atoms with Gasteiger partial charge in [-0.1, -0.05) is 29.8 Å². The van der Waals surface area contributed by atoms with Gasteiger partial charge in [0.1, 0.15) is 5.82 Å². The molecule has 3 rings (SSSR count). The number of aryl methyl sites for hydroxylation is 2. The first-order chi connectivity index (χ1) is 10.7. The van der Waals surface area contributed by atoms with Crippen molar-refractivity contribution in [2.75, 3.05) is 5.32 Å². The van der Waals surface area contributed by atoms with E-state index in [1.54, 1.807) is 6.20 Å². The molecule has 0 unspecified atom stereocenters. The molecule has 0 aliphatic heterocycles. The van der Waals surface area contributed by atoms with Gasteiger partial charge >= 0.3 is 0 Å². The number of benzene rings is 1. The Balaban J connectivity index is 1.62. The van der Waals surface area contributed by atoms with E-state index < -0.39 is 0 Å². The average Bonchev–Trinajstić information content (AvgIpc) is 2.95. The second kappa shape index (κ2) is 6.43. The predicted octanol–water partition coefficient (Wildman–Crippen LogP) is 3.56. The monoisotopic (exact) mass is 292 g/mol. The molecule has 0 bridgehead atoms. The summed E-state index contributed by atoms with van der Waals surface area (Å²) in [6.45, 7) is 5.73. The van der Waals surface area contributed by atoms with Crippen molar-refractivity contribution < 1.29 is 0 Å². The van der Waals surface area contributed by atoms with E-state index in [1.807, 2.05) is 35.1 Å². The first-order valence-corrected chi connectivity index (χ1v) is 7.44. The van der Waals surface area contributed by atoms with E-state index in [0.717, 1.165) is 18.1 Å². The van der Waals surface area contributed by atoms with Crippen molar-refractivity contribution in [1.29, 1.82) is 0 Å². The molecule has 0 amide bonds. The highest BCUT2D eigenvalue weighted by atomic mass is 15.3. The van der Waals surface area contributed by atoms with Crippen molar-refractivity contribution in [2.45, 2.75) is 26.9 Å². The molecule has 112 valence electrons. The maximum Gasteiger partial charge on any atom is 0.148 e. The van der Waals surface area contributed by atoms with Crippen molar-refractivity contribution in [3.05, 3.63) is 77.2 Å². The van der Waals surface area contributed by atoms with Gasteiger partial charge in [0.15, 0.2) is 0 Å². The summed E-state index contributed by atoms with van der Waals surface area (Å²) < 4.78 is 1.90. The van der Waals surface area contributed by atoms with Gasteiger partial charge in [-0.05, 0) is 37.1 Å². The Morgan fingerprint density at radius 2 is 2.00 bits per heavy atom. The number of hydrogen-bond acceptors (Lipinski definition) is 3. The van der Waals surface area contributed by atoms with Gasteiger partial charge in [-0.3, -0.25) is 9.67 Å². The van der Waals surface area contributed by atoms with Crippen LogP contribution in [0.15, 0.2) is 54.9 Å². The average molecular weight is 292 g/mol. The smallest absolute Gasteiger partial charge is 0.148 e. The lowest BCUT2D eigenvalue weighted by Crippen LogP contribution is -2.05. The highest BCUT2D eigenvalue weighted by molar-refractivity contribution is 5.37. The van der Waals surface area contributed by atoms with Crippen LogP contribution in [0.5, 0.6) is 0 Å². The van der Waals surface area contributed by atoms with E-state index in [4.69, 9.17) is 0 Å². The Bertz CT molecular complexity index is 747. The number of hydrogen-bond donors (Lipinski definition) is 1. The molecule has 4 heteroatoms. The molecular weight excluding hydrogens is 272 g/mol. The topological polar surface area (TPSA) is 42.7 Å². The number of nitrogens with zero attached hydrogens (tertiary/aromatic N) is 3. The van der Waals surface area contributed by atoms with Gasteiger partial charge in [-0.15, -0.1) is 0 Å². The number of aromatic nitrogens is 3. The van der Waals surface area contributed by atoms with Crippen molar-refractivity contribution >= 4 is 5.82 Å². The molecule has 2 aromatic heterocycles. The third-order valence-electron chi connectivity index (χ3n) is 3.65. The standard InChI is InChI=1S/C18H20N4/c1-14-6-7-16(15(2)11-14)12-20-18-8-10-22(21-18)13-17-5-3-4-9-19-17/h3-11H,12-13H2,1-2H3,(H,20,21). The van der Waals surface area contributed by atoms with Crippen LogP contribution < -0.4 is 5.32 Å². The molecule has 0 saturated carbocycles.